The van der Waals surface area contributed by atoms with E-state index in [0.29, 0.717) is 11.4 Å². The third kappa shape index (κ3) is 1.19. The van der Waals surface area contributed by atoms with Crippen LogP contribution in [0.1, 0.15) is 5.69 Å². The lowest BCUT2D eigenvalue weighted by atomic mass is 10.3. The van der Waals surface area contributed by atoms with E-state index in [4.69, 9.17) is 0 Å². The number of fused-ring (bicyclic) bond motifs is 1. The summed E-state index contributed by atoms with van der Waals surface area (Å²) in [7, 11) is -3.50. The van der Waals surface area contributed by atoms with Crippen LogP contribution in [-0.2, 0) is 10.0 Å². The quantitative estimate of drug-likeness (QED) is 0.658. The zero-order valence-corrected chi connectivity index (χ0v) is 7.67. The number of hydrogen-bond donors (Lipinski definition) is 1. The van der Waals surface area contributed by atoms with Gasteiger partial charge in [-0.1, -0.05) is 0 Å². The smallest absolute Gasteiger partial charge is 0.285 e. The fraction of sp³-hybridized carbons (Fsp3) is 0.143. The maximum Gasteiger partial charge on any atom is 0.285 e. The van der Waals surface area contributed by atoms with Crippen molar-refractivity contribution in [3.63, 3.8) is 0 Å². The van der Waals surface area contributed by atoms with Crippen molar-refractivity contribution < 1.29 is 8.42 Å². The molecule has 0 bridgehead atoms. The average Bonchev–Trinajstić information content (AvgIpc) is 2.06. The van der Waals surface area contributed by atoms with Gasteiger partial charge in [0.1, 0.15) is 11.2 Å². The van der Waals surface area contributed by atoms with E-state index >= 15 is 0 Å². The lowest BCUT2D eigenvalue weighted by molar-refractivity contribution is 0.598. The second-order valence-corrected chi connectivity index (χ2v) is 4.22. The Morgan fingerprint density at radius 2 is 2.23 bits per heavy atom. The number of hydrogen-bond acceptors (Lipinski definition) is 4. The van der Waals surface area contributed by atoms with Crippen molar-refractivity contribution in [2.75, 3.05) is 5.32 Å². The number of rotatable bonds is 0. The highest BCUT2D eigenvalue weighted by atomic mass is 32.2. The molecule has 13 heavy (non-hydrogen) atoms. The normalized spacial score (nSPS) is 17.6. The number of sulfonamides is 1. The van der Waals surface area contributed by atoms with E-state index < -0.39 is 10.0 Å². The van der Waals surface area contributed by atoms with Crippen LogP contribution in [0.5, 0.6) is 0 Å². The van der Waals surface area contributed by atoms with Crippen LogP contribution in [0.25, 0.3) is 0 Å². The summed E-state index contributed by atoms with van der Waals surface area (Å²) in [5, 5.41) is 2.75. The Labute approximate surface area is 75.6 Å². The Hall–Kier alpha value is -1.43. The van der Waals surface area contributed by atoms with Crippen molar-refractivity contribution >= 4 is 22.0 Å². The summed E-state index contributed by atoms with van der Waals surface area (Å²) < 4.78 is 26.1. The Balaban J connectivity index is 2.79. The number of aryl methyl sites for hydroxylation is 1. The molecule has 1 aromatic rings. The number of aromatic nitrogens is 1. The molecule has 0 saturated heterocycles. The Kier molecular flexibility index (Phi) is 1.59. The van der Waals surface area contributed by atoms with Crippen molar-refractivity contribution in [1.29, 1.82) is 0 Å². The van der Waals surface area contributed by atoms with Gasteiger partial charge in [-0.15, -0.1) is 4.40 Å². The molecular weight excluding hydrogens is 190 g/mol. The summed E-state index contributed by atoms with van der Waals surface area (Å²) in [6.07, 6.45) is 2.61. The summed E-state index contributed by atoms with van der Waals surface area (Å²) in [6, 6.07) is 1.43. The molecule has 1 aliphatic heterocycles. The Morgan fingerprint density at radius 3 is 2.92 bits per heavy atom. The van der Waals surface area contributed by atoms with Gasteiger partial charge in [-0.25, -0.2) is 0 Å². The van der Waals surface area contributed by atoms with Gasteiger partial charge in [-0.2, -0.15) is 8.42 Å². The van der Waals surface area contributed by atoms with Gasteiger partial charge in [0.25, 0.3) is 10.0 Å². The summed E-state index contributed by atoms with van der Waals surface area (Å²) >= 11 is 0. The molecule has 0 unspecified atom stereocenters. The second-order valence-electron chi connectivity index (χ2n) is 2.62. The molecule has 68 valence electrons. The van der Waals surface area contributed by atoms with Crippen molar-refractivity contribution in [2.45, 2.75) is 11.8 Å². The van der Waals surface area contributed by atoms with Crippen LogP contribution in [0, 0.1) is 6.92 Å². The van der Waals surface area contributed by atoms with Crippen molar-refractivity contribution in [3.05, 3.63) is 18.0 Å². The lowest BCUT2D eigenvalue weighted by Crippen LogP contribution is -2.13. The number of anilines is 1. The number of pyridine rings is 1. The van der Waals surface area contributed by atoms with Crippen LogP contribution in [0.2, 0.25) is 0 Å². The predicted molar refractivity (Wildman–Crippen MR) is 48.3 cm³/mol. The molecule has 0 atom stereocenters. The summed E-state index contributed by atoms with van der Waals surface area (Å²) in [4.78, 5) is 4.15. The van der Waals surface area contributed by atoms with Gasteiger partial charge < -0.3 is 5.32 Å². The molecule has 0 amide bonds. The molecule has 0 fully saturated rings. The first-order valence-corrected chi connectivity index (χ1v) is 5.06. The Morgan fingerprint density at radius 1 is 1.46 bits per heavy atom. The predicted octanol–water partition coefficient (Wildman–Crippen LogP) is 0.533. The van der Waals surface area contributed by atoms with Crippen LogP contribution in [0.3, 0.4) is 0 Å². The largest absolute Gasteiger partial charge is 0.343 e. The zero-order chi connectivity index (χ0) is 9.47. The molecule has 5 nitrogen and oxygen atoms in total. The Bertz CT molecular complexity index is 479. The zero-order valence-electron chi connectivity index (χ0n) is 6.85. The number of nitrogens with one attached hydrogen (secondary N) is 1. The minimum atomic E-state index is -3.50. The second kappa shape index (κ2) is 2.53. The van der Waals surface area contributed by atoms with E-state index in [1.807, 2.05) is 0 Å². The first kappa shape index (κ1) is 8.18. The first-order chi connectivity index (χ1) is 6.11. The first-order valence-electron chi connectivity index (χ1n) is 3.62. The van der Waals surface area contributed by atoms with E-state index in [1.165, 1.54) is 12.3 Å². The van der Waals surface area contributed by atoms with E-state index in [2.05, 4.69) is 14.7 Å². The fourth-order valence-electron chi connectivity index (χ4n) is 1.15. The van der Waals surface area contributed by atoms with Crippen LogP contribution < -0.4 is 5.32 Å². The fourth-order valence-corrected chi connectivity index (χ4v) is 2.15. The third-order valence-electron chi connectivity index (χ3n) is 1.78. The third-order valence-corrected chi connectivity index (χ3v) is 3.06. The molecule has 2 heterocycles. The van der Waals surface area contributed by atoms with E-state index in [0.717, 1.165) is 6.34 Å². The maximum absolute atomic E-state index is 11.4. The molecule has 0 aliphatic carbocycles. The molecule has 6 heteroatoms. The van der Waals surface area contributed by atoms with Gasteiger partial charge >= 0.3 is 0 Å². The highest BCUT2D eigenvalue weighted by Gasteiger charge is 2.21. The number of nitrogens with zero attached hydrogens (tertiary/aromatic N) is 2. The molecule has 0 spiro atoms. The van der Waals surface area contributed by atoms with Crippen LogP contribution >= 0.6 is 0 Å². The highest BCUT2D eigenvalue weighted by molar-refractivity contribution is 7.90. The van der Waals surface area contributed by atoms with Crippen molar-refractivity contribution in [2.24, 2.45) is 4.40 Å². The topological polar surface area (TPSA) is 71.4 Å². The summed E-state index contributed by atoms with van der Waals surface area (Å²) in [5.41, 5.74) is 1.16. The highest BCUT2D eigenvalue weighted by Crippen LogP contribution is 2.26. The molecule has 1 aliphatic rings. The lowest BCUT2D eigenvalue weighted by Gasteiger charge is -2.12. The van der Waals surface area contributed by atoms with Gasteiger partial charge in [0.05, 0.1) is 11.4 Å². The molecule has 0 radical (unpaired) electrons. The molecule has 1 aromatic heterocycles. The molecule has 2 rings (SSSR count). The van der Waals surface area contributed by atoms with Gasteiger partial charge in [0.15, 0.2) is 0 Å². The van der Waals surface area contributed by atoms with Crippen molar-refractivity contribution in [1.82, 2.24) is 4.98 Å². The van der Waals surface area contributed by atoms with E-state index in [-0.39, 0.29) is 4.90 Å². The van der Waals surface area contributed by atoms with E-state index in [1.54, 1.807) is 6.92 Å². The van der Waals surface area contributed by atoms with E-state index in [9.17, 15) is 8.42 Å². The van der Waals surface area contributed by atoms with Gasteiger partial charge in [-0.05, 0) is 13.0 Å². The van der Waals surface area contributed by atoms with Crippen molar-refractivity contribution in [3.8, 4) is 0 Å². The van der Waals surface area contributed by atoms with Crippen LogP contribution in [-0.4, -0.2) is 19.7 Å². The summed E-state index contributed by atoms with van der Waals surface area (Å²) in [5.74, 6) is 0. The van der Waals surface area contributed by atoms with Crippen LogP contribution in [0.4, 0.5) is 5.69 Å². The maximum atomic E-state index is 11.4. The minimum absolute atomic E-state index is 0.183. The molecule has 0 saturated carbocycles. The molecule has 1 N–H and O–H groups in total. The monoisotopic (exact) mass is 197 g/mol. The SMILES string of the molecule is Cc1nccc2c1NC=NS2(=O)=O. The van der Waals surface area contributed by atoms with Gasteiger partial charge in [0.2, 0.25) is 0 Å². The molecular formula is C7H7N3O2S. The van der Waals surface area contributed by atoms with Gasteiger partial charge in [0, 0.05) is 6.20 Å². The average molecular weight is 197 g/mol. The standard InChI is InChI=1S/C7H7N3O2S/c1-5-7-6(2-3-8-5)13(11,12)10-4-9-7/h2-4H,1H3,(H,9,10). The van der Waals surface area contributed by atoms with Gasteiger partial charge in [-0.3, -0.25) is 4.98 Å². The molecule has 0 aromatic carbocycles. The summed E-state index contributed by atoms with van der Waals surface area (Å²) in [6.45, 7) is 1.74. The van der Waals surface area contributed by atoms with Crippen LogP contribution in [0.15, 0.2) is 21.6 Å². The minimum Gasteiger partial charge on any atom is -0.343 e.